The fourth-order valence-electron chi connectivity index (χ4n) is 4.29. The van der Waals surface area contributed by atoms with Crippen LogP contribution in [-0.2, 0) is 22.6 Å². The summed E-state index contributed by atoms with van der Waals surface area (Å²) in [7, 11) is 0. The van der Waals surface area contributed by atoms with Crippen molar-refractivity contribution in [1.82, 2.24) is 10.2 Å². The Morgan fingerprint density at radius 2 is 1.69 bits per heavy atom. The normalized spacial score (nSPS) is 14.9. The number of nitrogens with one attached hydrogen (secondary N) is 1. The summed E-state index contributed by atoms with van der Waals surface area (Å²) >= 11 is 12.8. The number of carbonyl (C=O) groups excluding carboxylic acids is 2. The fourth-order valence-corrected chi connectivity index (χ4v) is 4.81. The van der Waals surface area contributed by atoms with Gasteiger partial charge in [-0.05, 0) is 50.3 Å². The van der Waals surface area contributed by atoms with E-state index < -0.39 is 6.04 Å². The van der Waals surface area contributed by atoms with Gasteiger partial charge in [0.05, 0.1) is 0 Å². The maximum atomic E-state index is 13.4. The van der Waals surface area contributed by atoms with Crippen molar-refractivity contribution in [3.63, 3.8) is 0 Å². The molecule has 1 N–H and O–H groups in total. The maximum absolute atomic E-state index is 13.4. The van der Waals surface area contributed by atoms with Gasteiger partial charge in [-0.1, -0.05) is 78.9 Å². The number of carbonyl (C=O) groups is 2. The predicted molar refractivity (Wildman–Crippen MR) is 131 cm³/mol. The van der Waals surface area contributed by atoms with Crippen LogP contribution in [0.15, 0.2) is 42.5 Å². The first kappa shape index (κ1) is 24.6. The minimum Gasteiger partial charge on any atom is -0.352 e. The molecule has 0 unspecified atom stereocenters. The molecule has 6 heteroatoms. The summed E-state index contributed by atoms with van der Waals surface area (Å²) in [6.07, 6.45) is 5.73. The summed E-state index contributed by atoms with van der Waals surface area (Å²) in [6.45, 7) is 4.19. The molecule has 0 aromatic heterocycles. The molecule has 1 fully saturated rings. The van der Waals surface area contributed by atoms with Gasteiger partial charge in [0.25, 0.3) is 0 Å². The van der Waals surface area contributed by atoms with Crippen LogP contribution >= 0.6 is 23.2 Å². The van der Waals surface area contributed by atoms with Crippen molar-refractivity contribution in [3.8, 4) is 0 Å². The van der Waals surface area contributed by atoms with Gasteiger partial charge in [-0.2, -0.15) is 0 Å². The highest BCUT2D eigenvalue weighted by molar-refractivity contribution is 6.36. The topological polar surface area (TPSA) is 49.4 Å². The summed E-state index contributed by atoms with van der Waals surface area (Å²) < 4.78 is 0. The van der Waals surface area contributed by atoms with Crippen molar-refractivity contribution in [2.24, 2.45) is 0 Å². The lowest BCUT2D eigenvalue weighted by molar-refractivity contribution is -0.141. The molecule has 2 amide bonds. The van der Waals surface area contributed by atoms with E-state index in [0.29, 0.717) is 34.9 Å². The highest BCUT2D eigenvalue weighted by Crippen LogP contribution is 2.28. The Hall–Kier alpha value is -2.04. The largest absolute Gasteiger partial charge is 0.352 e. The minimum absolute atomic E-state index is 0.0741. The monoisotopic (exact) mass is 474 g/mol. The van der Waals surface area contributed by atoms with Crippen LogP contribution in [0, 0.1) is 6.92 Å². The van der Waals surface area contributed by atoms with Gasteiger partial charge in [-0.25, -0.2) is 0 Å². The zero-order valence-electron chi connectivity index (χ0n) is 18.9. The summed E-state index contributed by atoms with van der Waals surface area (Å²) in [6, 6.07) is 13.1. The Kier molecular flexibility index (Phi) is 9.01. The molecule has 1 saturated carbocycles. The summed E-state index contributed by atoms with van der Waals surface area (Å²) in [5.74, 6) is -0.166. The molecule has 1 aliphatic rings. The van der Waals surface area contributed by atoms with Gasteiger partial charge in [-0.3, -0.25) is 9.59 Å². The number of hydrogen-bond donors (Lipinski definition) is 1. The molecule has 1 atom stereocenters. The Morgan fingerprint density at radius 3 is 2.28 bits per heavy atom. The van der Waals surface area contributed by atoms with E-state index in [2.05, 4.69) is 5.32 Å². The first-order valence-electron chi connectivity index (χ1n) is 11.5. The summed E-state index contributed by atoms with van der Waals surface area (Å²) in [4.78, 5) is 28.2. The van der Waals surface area contributed by atoms with E-state index in [0.717, 1.165) is 31.2 Å². The molecule has 0 aliphatic heterocycles. The van der Waals surface area contributed by atoms with E-state index in [-0.39, 0.29) is 24.4 Å². The molecular weight excluding hydrogens is 443 g/mol. The van der Waals surface area contributed by atoms with Crippen molar-refractivity contribution >= 4 is 35.0 Å². The highest BCUT2D eigenvalue weighted by Gasteiger charge is 2.31. The third-order valence-corrected chi connectivity index (χ3v) is 6.93. The van der Waals surface area contributed by atoms with Crippen LogP contribution in [0.1, 0.15) is 62.1 Å². The smallest absolute Gasteiger partial charge is 0.243 e. The first-order valence-corrected chi connectivity index (χ1v) is 12.2. The number of halogens is 2. The standard InChI is InChI=1S/C26H32Cl2N2O2/c1-3-24(26(32)29-20-7-4-5-8-20)30(17-21-22(27)9-6-10-23(21)28)25(31)16-15-19-13-11-18(2)12-14-19/h6,9-14,20,24H,3-5,7-8,15-17H2,1-2H3,(H,29,32)/t24-/m1/s1. The Bertz CT molecular complexity index is 904. The molecular formula is C26H32Cl2N2O2. The van der Waals surface area contributed by atoms with Crippen LogP contribution in [0.25, 0.3) is 0 Å². The van der Waals surface area contributed by atoms with Gasteiger partial charge >= 0.3 is 0 Å². The average molecular weight is 475 g/mol. The Morgan fingerprint density at radius 1 is 1.06 bits per heavy atom. The number of aryl methyl sites for hydroxylation is 2. The van der Waals surface area contributed by atoms with E-state index >= 15 is 0 Å². The molecule has 3 rings (SSSR count). The molecule has 2 aromatic carbocycles. The first-order chi connectivity index (χ1) is 15.4. The van der Waals surface area contributed by atoms with Gasteiger partial charge < -0.3 is 10.2 Å². The van der Waals surface area contributed by atoms with Crippen molar-refractivity contribution in [1.29, 1.82) is 0 Å². The fraction of sp³-hybridized carbons (Fsp3) is 0.462. The van der Waals surface area contributed by atoms with E-state index in [1.54, 1.807) is 23.1 Å². The predicted octanol–water partition coefficient (Wildman–Crippen LogP) is 6.10. The molecule has 2 aromatic rings. The third-order valence-electron chi connectivity index (χ3n) is 6.23. The molecule has 0 spiro atoms. The third kappa shape index (κ3) is 6.49. The number of amides is 2. The summed E-state index contributed by atoms with van der Waals surface area (Å²) in [5, 5.41) is 4.16. The van der Waals surface area contributed by atoms with Crippen LogP contribution in [0.3, 0.4) is 0 Å². The second-order valence-corrected chi connectivity index (χ2v) is 9.44. The van der Waals surface area contributed by atoms with Gasteiger partial charge in [0, 0.05) is 34.6 Å². The van der Waals surface area contributed by atoms with Crippen LogP contribution < -0.4 is 5.32 Å². The van der Waals surface area contributed by atoms with Gasteiger partial charge in [0.2, 0.25) is 11.8 Å². The van der Waals surface area contributed by atoms with Crippen LogP contribution in [0.5, 0.6) is 0 Å². The molecule has 0 bridgehead atoms. The second-order valence-electron chi connectivity index (χ2n) is 8.62. The second kappa shape index (κ2) is 11.7. The van der Waals surface area contributed by atoms with E-state index in [9.17, 15) is 9.59 Å². The zero-order chi connectivity index (χ0) is 23.1. The van der Waals surface area contributed by atoms with Crippen molar-refractivity contribution in [2.75, 3.05) is 0 Å². The van der Waals surface area contributed by atoms with Crippen LogP contribution in [0.2, 0.25) is 10.0 Å². The lowest BCUT2D eigenvalue weighted by atomic mass is 10.0. The number of rotatable bonds is 9. The zero-order valence-corrected chi connectivity index (χ0v) is 20.4. The number of benzene rings is 2. The average Bonchev–Trinajstić information content (AvgIpc) is 3.28. The molecule has 32 heavy (non-hydrogen) atoms. The number of nitrogens with zero attached hydrogens (tertiary/aromatic N) is 1. The molecule has 4 nitrogen and oxygen atoms in total. The van der Waals surface area contributed by atoms with Gasteiger partial charge in [0.1, 0.15) is 6.04 Å². The molecule has 0 heterocycles. The molecule has 0 saturated heterocycles. The summed E-state index contributed by atoms with van der Waals surface area (Å²) in [5.41, 5.74) is 2.96. The van der Waals surface area contributed by atoms with Crippen molar-refractivity contribution in [2.45, 2.75) is 77.4 Å². The van der Waals surface area contributed by atoms with E-state index in [4.69, 9.17) is 23.2 Å². The lowest BCUT2D eigenvalue weighted by Crippen LogP contribution is -2.51. The molecule has 172 valence electrons. The van der Waals surface area contributed by atoms with Gasteiger partial charge in [-0.15, -0.1) is 0 Å². The maximum Gasteiger partial charge on any atom is 0.243 e. The van der Waals surface area contributed by atoms with Crippen LogP contribution in [0.4, 0.5) is 0 Å². The highest BCUT2D eigenvalue weighted by atomic mass is 35.5. The molecule has 1 aliphatic carbocycles. The lowest BCUT2D eigenvalue weighted by Gasteiger charge is -2.32. The molecule has 0 radical (unpaired) electrons. The van der Waals surface area contributed by atoms with Crippen molar-refractivity contribution < 1.29 is 9.59 Å². The Balaban J connectivity index is 1.80. The minimum atomic E-state index is -0.562. The van der Waals surface area contributed by atoms with Gasteiger partial charge in [0.15, 0.2) is 0 Å². The van der Waals surface area contributed by atoms with E-state index in [1.165, 1.54) is 5.56 Å². The Labute approximate surface area is 201 Å². The van der Waals surface area contributed by atoms with Crippen LogP contribution in [-0.4, -0.2) is 28.8 Å². The van der Waals surface area contributed by atoms with Crippen molar-refractivity contribution in [3.05, 3.63) is 69.2 Å². The van der Waals surface area contributed by atoms with E-state index in [1.807, 2.05) is 38.1 Å². The quantitative estimate of drug-likeness (QED) is 0.477. The number of hydrogen-bond acceptors (Lipinski definition) is 2. The SMILES string of the molecule is CC[C@H](C(=O)NC1CCCC1)N(Cc1c(Cl)cccc1Cl)C(=O)CCc1ccc(C)cc1.